The van der Waals surface area contributed by atoms with Crippen molar-refractivity contribution in [2.45, 2.75) is 44.1 Å². The maximum absolute atomic E-state index is 6.38. The van der Waals surface area contributed by atoms with Crippen LogP contribution >= 0.6 is 0 Å². The van der Waals surface area contributed by atoms with Crippen LogP contribution in [0.3, 0.4) is 0 Å². The van der Waals surface area contributed by atoms with E-state index in [0.29, 0.717) is 11.7 Å². The van der Waals surface area contributed by atoms with Crippen molar-refractivity contribution in [2.75, 3.05) is 0 Å². The molecule has 1 aromatic heterocycles. The standard InChI is InChI=1S/C19H21N3O/c20-19(11-3-4-12-19)18-21-17(23-22-18)10-8-14-7-9-15-5-1-2-6-16(15)13-14/h1-2,5-7,9,13H,3-4,8,10-12,20H2. The molecule has 0 bridgehead atoms. The molecule has 23 heavy (non-hydrogen) atoms. The van der Waals surface area contributed by atoms with E-state index in [1.807, 2.05) is 0 Å². The van der Waals surface area contributed by atoms with E-state index in [0.717, 1.165) is 38.5 Å². The molecule has 4 rings (SSSR count). The highest BCUT2D eigenvalue weighted by Gasteiger charge is 2.35. The van der Waals surface area contributed by atoms with Gasteiger partial charge in [0.2, 0.25) is 5.89 Å². The fourth-order valence-corrected chi connectivity index (χ4v) is 3.43. The number of hydrogen-bond acceptors (Lipinski definition) is 4. The Hall–Kier alpha value is -2.20. The number of aryl methyl sites for hydroxylation is 2. The van der Waals surface area contributed by atoms with Crippen molar-refractivity contribution in [1.82, 2.24) is 10.1 Å². The van der Waals surface area contributed by atoms with Crippen LogP contribution in [0.1, 0.15) is 43.0 Å². The molecule has 2 N–H and O–H groups in total. The summed E-state index contributed by atoms with van der Waals surface area (Å²) in [6.07, 6.45) is 5.85. The summed E-state index contributed by atoms with van der Waals surface area (Å²) in [4.78, 5) is 4.54. The molecule has 118 valence electrons. The van der Waals surface area contributed by atoms with Gasteiger partial charge < -0.3 is 10.3 Å². The maximum Gasteiger partial charge on any atom is 0.227 e. The average molecular weight is 307 g/mol. The van der Waals surface area contributed by atoms with Crippen LogP contribution in [0.4, 0.5) is 0 Å². The lowest BCUT2D eigenvalue weighted by molar-refractivity contribution is 0.348. The van der Waals surface area contributed by atoms with Crippen molar-refractivity contribution in [3.63, 3.8) is 0 Å². The number of nitrogens with two attached hydrogens (primary N) is 1. The van der Waals surface area contributed by atoms with Gasteiger partial charge in [-0.05, 0) is 35.6 Å². The Morgan fingerprint density at radius 1 is 1.00 bits per heavy atom. The number of nitrogens with zero attached hydrogens (tertiary/aromatic N) is 2. The molecule has 0 unspecified atom stereocenters. The molecule has 0 spiro atoms. The van der Waals surface area contributed by atoms with E-state index in [4.69, 9.17) is 10.3 Å². The Labute approximate surface area is 135 Å². The zero-order valence-corrected chi connectivity index (χ0v) is 13.2. The summed E-state index contributed by atoms with van der Waals surface area (Å²) < 4.78 is 5.41. The Balaban J connectivity index is 1.47. The molecule has 1 aliphatic rings. The van der Waals surface area contributed by atoms with E-state index in [2.05, 4.69) is 52.6 Å². The highest BCUT2D eigenvalue weighted by atomic mass is 16.5. The summed E-state index contributed by atoms with van der Waals surface area (Å²) in [5, 5.41) is 6.65. The first kappa shape index (κ1) is 14.4. The normalized spacial score (nSPS) is 16.9. The third kappa shape index (κ3) is 2.86. The summed E-state index contributed by atoms with van der Waals surface area (Å²) in [6.45, 7) is 0. The molecule has 0 amide bonds. The topological polar surface area (TPSA) is 64.9 Å². The van der Waals surface area contributed by atoms with E-state index in [1.54, 1.807) is 0 Å². The quantitative estimate of drug-likeness (QED) is 0.797. The lowest BCUT2D eigenvalue weighted by Crippen LogP contribution is -2.34. The van der Waals surface area contributed by atoms with Crippen LogP contribution in [0.5, 0.6) is 0 Å². The molecule has 1 fully saturated rings. The van der Waals surface area contributed by atoms with Gasteiger partial charge in [-0.25, -0.2) is 0 Å². The number of fused-ring (bicyclic) bond motifs is 1. The number of rotatable bonds is 4. The monoisotopic (exact) mass is 307 g/mol. The molecule has 1 heterocycles. The van der Waals surface area contributed by atoms with Gasteiger partial charge in [0, 0.05) is 6.42 Å². The third-order valence-electron chi connectivity index (χ3n) is 4.85. The molecule has 2 aromatic carbocycles. The molecule has 4 nitrogen and oxygen atoms in total. The van der Waals surface area contributed by atoms with Gasteiger partial charge in [0.05, 0.1) is 5.54 Å². The van der Waals surface area contributed by atoms with Crippen molar-refractivity contribution in [3.05, 3.63) is 59.7 Å². The van der Waals surface area contributed by atoms with Crippen molar-refractivity contribution in [2.24, 2.45) is 5.73 Å². The molecule has 1 saturated carbocycles. The van der Waals surface area contributed by atoms with Crippen LogP contribution in [0.25, 0.3) is 10.8 Å². The zero-order valence-electron chi connectivity index (χ0n) is 13.2. The summed E-state index contributed by atoms with van der Waals surface area (Å²) in [5.74, 6) is 1.37. The minimum absolute atomic E-state index is 0.370. The second-order valence-corrected chi connectivity index (χ2v) is 6.56. The Morgan fingerprint density at radius 3 is 2.61 bits per heavy atom. The summed E-state index contributed by atoms with van der Waals surface area (Å²) in [5.41, 5.74) is 7.29. The van der Waals surface area contributed by atoms with Crippen LogP contribution in [-0.2, 0) is 18.4 Å². The van der Waals surface area contributed by atoms with E-state index in [-0.39, 0.29) is 5.54 Å². The van der Waals surface area contributed by atoms with Crippen LogP contribution in [0.2, 0.25) is 0 Å². The van der Waals surface area contributed by atoms with Gasteiger partial charge >= 0.3 is 0 Å². The molecule has 1 aliphatic carbocycles. The van der Waals surface area contributed by atoms with Gasteiger partial charge in [0.25, 0.3) is 0 Å². The van der Waals surface area contributed by atoms with Crippen molar-refractivity contribution < 1.29 is 4.52 Å². The molecule has 0 atom stereocenters. The fourth-order valence-electron chi connectivity index (χ4n) is 3.43. The van der Waals surface area contributed by atoms with Crippen molar-refractivity contribution >= 4 is 10.8 Å². The maximum atomic E-state index is 6.38. The molecule has 4 heteroatoms. The zero-order chi connectivity index (χ0) is 15.7. The van der Waals surface area contributed by atoms with Crippen molar-refractivity contribution in [3.8, 4) is 0 Å². The van der Waals surface area contributed by atoms with E-state index < -0.39 is 0 Å². The first-order valence-electron chi connectivity index (χ1n) is 8.33. The van der Waals surface area contributed by atoms with E-state index >= 15 is 0 Å². The predicted molar refractivity (Wildman–Crippen MR) is 90.0 cm³/mol. The molecule has 0 aliphatic heterocycles. The van der Waals surface area contributed by atoms with Crippen LogP contribution < -0.4 is 5.73 Å². The molecule has 3 aromatic rings. The summed E-state index contributed by atoms with van der Waals surface area (Å²) >= 11 is 0. The highest BCUT2D eigenvalue weighted by Crippen LogP contribution is 2.34. The van der Waals surface area contributed by atoms with E-state index in [9.17, 15) is 0 Å². The molecule has 0 radical (unpaired) electrons. The number of aromatic nitrogens is 2. The smallest absolute Gasteiger partial charge is 0.227 e. The Morgan fingerprint density at radius 2 is 1.78 bits per heavy atom. The van der Waals surface area contributed by atoms with Gasteiger partial charge in [-0.15, -0.1) is 0 Å². The van der Waals surface area contributed by atoms with Gasteiger partial charge in [-0.3, -0.25) is 0 Å². The molecular formula is C19H21N3O. The lowest BCUT2D eigenvalue weighted by Gasteiger charge is -2.17. The van der Waals surface area contributed by atoms with Gasteiger partial charge in [-0.2, -0.15) is 4.98 Å². The van der Waals surface area contributed by atoms with Crippen LogP contribution in [0.15, 0.2) is 47.0 Å². The average Bonchev–Trinajstić information content (AvgIpc) is 3.23. The van der Waals surface area contributed by atoms with Crippen LogP contribution in [0, 0.1) is 0 Å². The van der Waals surface area contributed by atoms with Gasteiger partial charge in [-0.1, -0.05) is 60.5 Å². The van der Waals surface area contributed by atoms with Gasteiger partial charge in [0.15, 0.2) is 5.82 Å². The minimum Gasteiger partial charge on any atom is -0.339 e. The first-order chi connectivity index (χ1) is 11.2. The lowest BCUT2D eigenvalue weighted by atomic mass is 9.98. The summed E-state index contributed by atoms with van der Waals surface area (Å²) in [7, 11) is 0. The number of benzene rings is 2. The summed E-state index contributed by atoms with van der Waals surface area (Å²) in [6, 6.07) is 15.0. The second-order valence-electron chi connectivity index (χ2n) is 6.56. The fraction of sp³-hybridized carbons (Fsp3) is 0.368. The third-order valence-corrected chi connectivity index (χ3v) is 4.85. The first-order valence-corrected chi connectivity index (χ1v) is 8.33. The SMILES string of the molecule is NC1(c2noc(CCc3ccc4ccccc4c3)n2)CCCC1. The van der Waals surface area contributed by atoms with E-state index in [1.165, 1.54) is 16.3 Å². The van der Waals surface area contributed by atoms with Gasteiger partial charge in [0.1, 0.15) is 0 Å². The molecular weight excluding hydrogens is 286 g/mol. The van der Waals surface area contributed by atoms with Crippen molar-refractivity contribution in [1.29, 1.82) is 0 Å². The predicted octanol–water partition coefficient (Wildman–Crippen LogP) is 3.74. The highest BCUT2D eigenvalue weighted by molar-refractivity contribution is 5.82. The second kappa shape index (κ2) is 5.78. The Kier molecular flexibility index (Phi) is 3.62. The number of hydrogen-bond donors (Lipinski definition) is 1. The minimum atomic E-state index is -0.370. The van der Waals surface area contributed by atoms with Crippen LogP contribution in [-0.4, -0.2) is 10.1 Å². The Bertz CT molecular complexity index is 818. The largest absolute Gasteiger partial charge is 0.339 e. The molecule has 0 saturated heterocycles.